The van der Waals surface area contributed by atoms with E-state index >= 15 is 0 Å². The molecule has 0 aliphatic heterocycles. The Kier molecular flexibility index (Phi) is 6.57. The molecule has 0 atom stereocenters. The lowest BCUT2D eigenvalue weighted by Gasteiger charge is -2.10. The number of anilines is 1. The van der Waals surface area contributed by atoms with Gasteiger partial charge in [-0.3, -0.25) is 4.79 Å². The first-order valence-corrected chi connectivity index (χ1v) is 10.1. The Hall–Kier alpha value is -2.87. The highest BCUT2D eigenvalue weighted by molar-refractivity contribution is 7.90. The van der Waals surface area contributed by atoms with Crippen LogP contribution in [-0.2, 0) is 19.4 Å². The van der Waals surface area contributed by atoms with Crippen LogP contribution in [0.25, 0.3) is 0 Å². The Labute approximate surface area is 158 Å². The van der Waals surface area contributed by atoms with E-state index in [0.717, 1.165) is 6.26 Å². The van der Waals surface area contributed by atoms with E-state index in [9.17, 15) is 18.0 Å². The first-order valence-electron chi connectivity index (χ1n) is 8.21. The molecular formula is C19H21NO6S. The number of aryl methyl sites for hydroxylation is 1. The highest BCUT2D eigenvalue weighted by atomic mass is 32.2. The zero-order valence-corrected chi connectivity index (χ0v) is 16.1. The summed E-state index contributed by atoms with van der Waals surface area (Å²) in [5.74, 6) is -0.590. The maximum Gasteiger partial charge on any atom is 0.338 e. The van der Waals surface area contributed by atoms with Crippen LogP contribution in [0.15, 0.2) is 47.4 Å². The van der Waals surface area contributed by atoms with Crippen molar-refractivity contribution in [3.8, 4) is 5.75 Å². The highest BCUT2D eigenvalue weighted by Gasteiger charge is 2.16. The lowest BCUT2D eigenvalue weighted by Crippen LogP contribution is -2.21. The molecule has 0 spiro atoms. The van der Waals surface area contributed by atoms with E-state index in [-0.39, 0.29) is 10.5 Å². The second kappa shape index (κ2) is 8.68. The van der Waals surface area contributed by atoms with Crippen molar-refractivity contribution in [1.82, 2.24) is 0 Å². The molecule has 2 aromatic carbocycles. The van der Waals surface area contributed by atoms with Crippen LogP contribution < -0.4 is 10.1 Å². The van der Waals surface area contributed by atoms with E-state index in [4.69, 9.17) is 9.47 Å². The molecule has 0 radical (unpaired) electrons. The van der Waals surface area contributed by atoms with Crippen molar-refractivity contribution in [2.75, 3.05) is 24.8 Å². The molecule has 0 aliphatic carbocycles. The molecule has 0 bridgehead atoms. The van der Waals surface area contributed by atoms with E-state index in [1.807, 2.05) is 6.92 Å². The van der Waals surface area contributed by atoms with Crippen LogP contribution in [0.2, 0.25) is 0 Å². The van der Waals surface area contributed by atoms with Crippen molar-refractivity contribution >= 4 is 27.4 Å². The van der Waals surface area contributed by atoms with Crippen molar-refractivity contribution in [2.45, 2.75) is 18.7 Å². The number of hydrogen-bond donors (Lipinski definition) is 1. The van der Waals surface area contributed by atoms with Gasteiger partial charge < -0.3 is 14.8 Å². The van der Waals surface area contributed by atoms with Crippen LogP contribution in [-0.4, -0.2) is 39.8 Å². The average Bonchev–Trinajstić information content (AvgIpc) is 2.61. The minimum Gasteiger partial charge on any atom is -0.494 e. The van der Waals surface area contributed by atoms with Gasteiger partial charge in [-0.05, 0) is 55.8 Å². The lowest BCUT2D eigenvalue weighted by molar-refractivity contribution is -0.119. The van der Waals surface area contributed by atoms with Crippen LogP contribution in [0, 0.1) is 6.92 Å². The third-order valence-corrected chi connectivity index (χ3v) is 4.75. The van der Waals surface area contributed by atoms with Gasteiger partial charge in [-0.1, -0.05) is 6.07 Å². The number of nitrogens with one attached hydrogen (secondary N) is 1. The van der Waals surface area contributed by atoms with Crippen molar-refractivity contribution < 1.29 is 27.5 Å². The van der Waals surface area contributed by atoms with E-state index in [2.05, 4.69) is 5.32 Å². The number of sulfone groups is 1. The van der Waals surface area contributed by atoms with Crippen molar-refractivity contribution in [3.63, 3.8) is 0 Å². The summed E-state index contributed by atoms with van der Waals surface area (Å²) in [4.78, 5) is 24.2. The van der Waals surface area contributed by atoms with Crippen LogP contribution in [0.5, 0.6) is 5.75 Å². The summed E-state index contributed by atoms with van der Waals surface area (Å²) in [7, 11) is -3.45. The van der Waals surface area contributed by atoms with Gasteiger partial charge in [-0.15, -0.1) is 0 Å². The normalized spacial score (nSPS) is 10.9. The van der Waals surface area contributed by atoms with Crippen LogP contribution in [0.1, 0.15) is 22.8 Å². The summed E-state index contributed by atoms with van der Waals surface area (Å²) in [5.41, 5.74) is 1.20. The summed E-state index contributed by atoms with van der Waals surface area (Å²) < 4.78 is 33.6. The molecule has 0 aliphatic rings. The molecule has 0 saturated heterocycles. The number of rotatable bonds is 7. The number of carbonyl (C=O) groups is 2. The molecule has 27 heavy (non-hydrogen) atoms. The molecule has 0 fully saturated rings. The molecule has 0 saturated carbocycles. The van der Waals surface area contributed by atoms with Gasteiger partial charge in [0.1, 0.15) is 5.75 Å². The maximum absolute atomic E-state index is 12.2. The lowest BCUT2D eigenvalue weighted by atomic mass is 10.1. The number of amides is 1. The van der Waals surface area contributed by atoms with Gasteiger partial charge in [-0.2, -0.15) is 0 Å². The summed E-state index contributed by atoms with van der Waals surface area (Å²) in [6.07, 6.45) is 1.05. The van der Waals surface area contributed by atoms with Gasteiger partial charge in [0.15, 0.2) is 16.4 Å². The second-order valence-electron chi connectivity index (χ2n) is 5.83. The Morgan fingerprint density at radius 3 is 2.33 bits per heavy atom. The molecule has 0 aromatic heterocycles. The van der Waals surface area contributed by atoms with Gasteiger partial charge in [0.05, 0.1) is 17.1 Å². The number of carbonyl (C=O) groups excluding carboxylic acids is 2. The fourth-order valence-electron chi connectivity index (χ4n) is 2.26. The average molecular weight is 391 g/mol. The predicted octanol–water partition coefficient (Wildman–Crippen LogP) is 2.59. The largest absolute Gasteiger partial charge is 0.494 e. The summed E-state index contributed by atoms with van der Waals surface area (Å²) in [6, 6.07) is 11.0. The molecule has 0 unspecified atom stereocenters. The molecular weight excluding hydrogens is 370 g/mol. The fraction of sp³-hybridized carbons (Fsp3) is 0.263. The zero-order valence-electron chi connectivity index (χ0n) is 15.3. The Bertz CT molecular complexity index is 935. The van der Waals surface area contributed by atoms with E-state index < -0.39 is 28.3 Å². The van der Waals surface area contributed by atoms with E-state index in [1.54, 1.807) is 31.2 Å². The topological polar surface area (TPSA) is 98.8 Å². The number of hydrogen-bond acceptors (Lipinski definition) is 6. The van der Waals surface area contributed by atoms with Gasteiger partial charge in [0.25, 0.3) is 5.91 Å². The van der Waals surface area contributed by atoms with Crippen molar-refractivity contribution in [2.24, 2.45) is 0 Å². The molecule has 2 rings (SSSR count). The number of ether oxygens (including phenoxy) is 2. The first-order chi connectivity index (χ1) is 12.7. The third-order valence-electron chi connectivity index (χ3n) is 3.64. The van der Waals surface area contributed by atoms with Crippen LogP contribution in [0.4, 0.5) is 5.69 Å². The standard InChI is InChI=1S/C19H21NO6S/c1-4-25-15-8-6-14(7-9-15)20-18(21)12-26-19(22)17-11-16(27(3,23)24)10-5-13(17)2/h5-11H,4,12H2,1-3H3,(H,20,21). The van der Waals surface area contributed by atoms with Gasteiger partial charge in [0.2, 0.25) is 0 Å². The summed E-state index contributed by atoms with van der Waals surface area (Å²) in [6.45, 7) is 3.58. The Morgan fingerprint density at radius 2 is 1.74 bits per heavy atom. The molecule has 7 nitrogen and oxygen atoms in total. The number of esters is 1. The van der Waals surface area contributed by atoms with E-state index in [1.165, 1.54) is 18.2 Å². The first kappa shape index (κ1) is 20.4. The molecule has 8 heteroatoms. The molecule has 1 amide bonds. The minimum atomic E-state index is -3.45. The number of benzene rings is 2. The minimum absolute atomic E-state index is 0.0129. The molecule has 144 valence electrons. The summed E-state index contributed by atoms with van der Waals surface area (Å²) in [5, 5.41) is 2.60. The Balaban J connectivity index is 1.98. The Morgan fingerprint density at radius 1 is 1.07 bits per heavy atom. The van der Waals surface area contributed by atoms with Gasteiger partial charge in [-0.25, -0.2) is 13.2 Å². The molecule has 0 heterocycles. The monoisotopic (exact) mass is 391 g/mol. The van der Waals surface area contributed by atoms with Gasteiger partial charge in [0, 0.05) is 11.9 Å². The van der Waals surface area contributed by atoms with Crippen LogP contribution >= 0.6 is 0 Å². The van der Waals surface area contributed by atoms with Crippen LogP contribution in [0.3, 0.4) is 0 Å². The second-order valence-corrected chi connectivity index (χ2v) is 7.85. The smallest absolute Gasteiger partial charge is 0.338 e. The van der Waals surface area contributed by atoms with Crippen molar-refractivity contribution in [3.05, 3.63) is 53.6 Å². The predicted molar refractivity (Wildman–Crippen MR) is 101 cm³/mol. The quantitative estimate of drug-likeness (QED) is 0.729. The van der Waals surface area contributed by atoms with E-state index in [0.29, 0.717) is 23.6 Å². The third kappa shape index (κ3) is 5.82. The van der Waals surface area contributed by atoms with Gasteiger partial charge >= 0.3 is 5.97 Å². The molecule has 1 N–H and O–H groups in total. The SMILES string of the molecule is CCOc1ccc(NC(=O)COC(=O)c2cc(S(C)(=O)=O)ccc2C)cc1. The summed E-state index contributed by atoms with van der Waals surface area (Å²) >= 11 is 0. The highest BCUT2D eigenvalue weighted by Crippen LogP contribution is 2.17. The zero-order chi connectivity index (χ0) is 20.0. The molecule has 2 aromatic rings. The maximum atomic E-state index is 12.2. The fourth-order valence-corrected chi connectivity index (χ4v) is 2.91. The van der Waals surface area contributed by atoms with Crippen molar-refractivity contribution in [1.29, 1.82) is 0 Å².